The molecule has 1 aromatic carbocycles. The SMILES string of the molecule is C[C@H]1N=C(C(=O)c2c[nH]c3ccccc23)SC1(C)C. The maximum absolute atomic E-state index is 12.6. The minimum absolute atomic E-state index is 0.00287. The molecule has 2 heterocycles. The van der Waals surface area contributed by atoms with Crippen LogP contribution in [0.25, 0.3) is 10.9 Å². The van der Waals surface area contributed by atoms with Crippen LogP contribution in [0.2, 0.25) is 0 Å². The Labute approximate surface area is 116 Å². The van der Waals surface area contributed by atoms with E-state index in [2.05, 4.69) is 30.7 Å². The van der Waals surface area contributed by atoms with Gasteiger partial charge in [-0.05, 0) is 26.8 Å². The molecule has 0 spiro atoms. The van der Waals surface area contributed by atoms with Crippen LogP contribution in [0.15, 0.2) is 35.5 Å². The van der Waals surface area contributed by atoms with Crippen molar-refractivity contribution in [3.63, 3.8) is 0 Å². The van der Waals surface area contributed by atoms with Crippen LogP contribution in [0.4, 0.5) is 0 Å². The number of thioether (sulfide) groups is 1. The number of carbonyl (C=O) groups excluding carboxylic acids is 1. The molecular weight excluding hydrogens is 256 g/mol. The number of hydrogen-bond donors (Lipinski definition) is 1. The predicted molar refractivity (Wildman–Crippen MR) is 81.2 cm³/mol. The molecule has 4 heteroatoms. The Kier molecular flexibility index (Phi) is 2.78. The van der Waals surface area contributed by atoms with Crippen molar-refractivity contribution in [2.75, 3.05) is 0 Å². The number of H-pyrrole nitrogens is 1. The van der Waals surface area contributed by atoms with Crippen molar-refractivity contribution >= 4 is 33.5 Å². The van der Waals surface area contributed by atoms with Crippen LogP contribution in [-0.2, 0) is 0 Å². The molecule has 0 saturated heterocycles. The van der Waals surface area contributed by atoms with Gasteiger partial charge in [-0.15, -0.1) is 0 Å². The summed E-state index contributed by atoms with van der Waals surface area (Å²) in [4.78, 5) is 20.2. The maximum atomic E-state index is 12.6. The van der Waals surface area contributed by atoms with Gasteiger partial charge in [0.1, 0.15) is 5.04 Å². The standard InChI is InChI=1S/C15H16N2OS/c1-9-15(2,3)19-14(17-9)13(18)11-8-16-12-7-5-4-6-10(11)12/h4-9,16H,1-3H3/t9-/m1/s1. The lowest BCUT2D eigenvalue weighted by atomic mass is 10.1. The van der Waals surface area contributed by atoms with Gasteiger partial charge in [0.2, 0.25) is 5.78 Å². The number of fused-ring (bicyclic) bond motifs is 1. The summed E-state index contributed by atoms with van der Waals surface area (Å²) in [7, 11) is 0. The maximum Gasteiger partial charge on any atom is 0.219 e. The van der Waals surface area contributed by atoms with E-state index >= 15 is 0 Å². The second-order valence-corrected chi connectivity index (χ2v) is 7.04. The van der Waals surface area contributed by atoms with Gasteiger partial charge < -0.3 is 4.98 Å². The van der Waals surface area contributed by atoms with Gasteiger partial charge in [-0.2, -0.15) is 0 Å². The zero-order valence-electron chi connectivity index (χ0n) is 11.2. The van der Waals surface area contributed by atoms with Crippen molar-refractivity contribution in [1.29, 1.82) is 0 Å². The number of nitrogens with one attached hydrogen (secondary N) is 1. The molecule has 0 unspecified atom stereocenters. The smallest absolute Gasteiger partial charge is 0.219 e. The third-order valence-corrected chi connectivity index (χ3v) is 5.06. The third kappa shape index (κ3) is 2.00. The lowest BCUT2D eigenvalue weighted by Crippen LogP contribution is -2.24. The number of Topliss-reactive ketones (excluding diaryl/α,β-unsaturated/α-hetero) is 1. The first-order chi connectivity index (χ1) is 8.99. The van der Waals surface area contributed by atoms with E-state index in [0.717, 1.165) is 10.9 Å². The van der Waals surface area contributed by atoms with Gasteiger partial charge in [0.05, 0.1) is 11.6 Å². The highest BCUT2D eigenvalue weighted by molar-refractivity contribution is 8.17. The number of nitrogens with zero attached hydrogens (tertiary/aromatic N) is 1. The van der Waals surface area contributed by atoms with E-state index in [1.54, 1.807) is 18.0 Å². The summed E-state index contributed by atoms with van der Waals surface area (Å²) >= 11 is 1.58. The molecule has 0 aliphatic carbocycles. The first-order valence-corrected chi connectivity index (χ1v) is 7.18. The minimum atomic E-state index is -0.00287. The summed E-state index contributed by atoms with van der Waals surface area (Å²) in [6.07, 6.45) is 1.78. The number of benzene rings is 1. The van der Waals surface area contributed by atoms with Crippen LogP contribution in [0.3, 0.4) is 0 Å². The molecule has 1 aliphatic rings. The molecule has 3 nitrogen and oxygen atoms in total. The van der Waals surface area contributed by atoms with Crippen molar-refractivity contribution in [2.24, 2.45) is 4.99 Å². The molecule has 1 aromatic heterocycles. The first kappa shape index (κ1) is 12.5. The average molecular weight is 272 g/mol. The van der Waals surface area contributed by atoms with Crippen LogP contribution >= 0.6 is 11.8 Å². The van der Waals surface area contributed by atoms with Gasteiger partial charge in [0, 0.05) is 21.8 Å². The molecule has 0 amide bonds. The van der Waals surface area contributed by atoms with E-state index in [4.69, 9.17) is 0 Å². The summed E-state index contributed by atoms with van der Waals surface area (Å²) in [6, 6.07) is 8.01. The molecular formula is C15H16N2OS. The highest BCUT2D eigenvalue weighted by Crippen LogP contribution is 2.38. The average Bonchev–Trinajstić information content (AvgIpc) is 2.91. The number of aromatic nitrogens is 1. The lowest BCUT2D eigenvalue weighted by molar-refractivity contribution is 0.107. The molecule has 19 heavy (non-hydrogen) atoms. The van der Waals surface area contributed by atoms with Crippen molar-refractivity contribution in [1.82, 2.24) is 4.98 Å². The Hall–Kier alpha value is -1.55. The number of ketones is 1. The molecule has 0 radical (unpaired) electrons. The van der Waals surface area contributed by atoms with Gasteiger partial charge in [-0.3, -0.25) is 9.79 Å². The molecule has 98 valence electrons. The van der Waals surface area contributed by atoms with E-state index in [-0.39, 0.29) is 16.6 Å². The van der Waals surface area contributed by atoms with Gasteiger partial charge >= 0.3 is 0 Å². The molecule has 3 rings (SSSR count). The molecule has 0 fully saturated rings. The van der Waals surface area contributed by atoms with E-state index in [9.17, 15) is 4.79 Å². The predicted octanol–water partition coefficient (Wildman–Crippen LogP) is 3.66. The van der Waals surface area contributed by atoms with Crippen LogP contribution in [-0.4, -0.2) is 26.6 Å². The molecule has 1 N–H and O–H groups in total. The molecule has 2 aromatic rings. The highest BCUT2D eigenvalue weighted by atomic mass is 32.2. The number of carbonyl (C=O) groups is 1. The van der Waals surface area contributed by atoms with Gasteiger partial charge in [-0.1, -0.05) is 30.0 Å². The van der Waals surface area contributed by atoms with Crippen LogP contribution < -0.4 is 0 Å². The number of aromatic amines is 1. The van der Waals surface area contributed by atoms with E-state index in [1.165, 1.54) is 0 Å². The fourth-order valence-electron chi connectivity index (χ4n) is 2.17. The Balaban J connectivity index is 2.00. The summed E-state index contributed by atoms with van der Waals surface area (Å²) in [5.74, 6) is 0.0277. The van der Waals surface area contributed by atoms with Gasteiger partial charge in [0.25, 0.3) is 0 Å². The number of para-hydroxylation sites is 1. The molecule has 0 bridgehead atoms. The van der Waals surface area contributed by atoms with Crippen LogP contribution in [0.1, 0.15) is 31.1 Å². The van der Waals surface area contributed by atoms with E-state index < -0.39 is 0 Å². The van der Waals surface area contributed by atoms with E-state index in [1.807, 2.05) is 24.3 Å². The summed E-state index contributed by atoms with van der Waals surface area (Å²) in [5.41, 5.74) is 1.70. The van der Waals surface area contributed by atoms with Crippen LogP contribution in [0.5, 0.6) is 0 Å². The highest BCUT2D eigenvalue weighted by Gasteiger charge is 2.37. The molecule has 0 saturated carbocycles. The minimum Gasteiger partial charge on any atom is -0.360 e. The fourth-order valence-corrected chi connectivity index (χ4v) is 3.31. The molecule has 1 atom stereocenters. The van der Waals surface area contributed by atoms with Gasteiger partial charge in [-0.25, -0.2) is 0 Å². The monoisotopic (exact) mass is 272 g/mol. The Morgan fingerprint density at radius 2 is 2.11 bits per heavy atom. The second-order valence-electron chi connectivity index (χ2n) is 5.39. The van der Waals surface area contributed by atoms with Crippen molar-refractivity contribution in [3.8, 4) is 0 Å². The molecule has 1 aliphatic heterocycles. The number of aliphatic imine (C=N–C) groups is 1. The second kappa shape index (κ2) is 4.23. The first-order valence-electron chi connectivity index (χ1n) is 6.36. The summed E-state index contributed by atoms with van der Waals surface area (Å²) in [5, 5.41) is 1.59. The van der Waals surface area contributed by atoms with Crippen LogP contribution in [0, 0.1) is 0 Å². The zero-order chi connectivity index (χ0) is 13.6. The quantitative estimate of drug-likeness (QED) is 0.848. The number of hydrogen-bond acceptors (Lipinski definition) is 3. The van der Waals surface area contributed by atoms with Gasteiger partial charge in [0.15, 0.2) is 0 Å². The van der Waals surface area contributed by atoms with Crippen molar-refractivity contribution < 1.29 is 4.79 Å². The zero-order valence-corrected chi connectivity index (χ0v) is 12.0. The number of rotatable bonds is 2. The topological polar surface area (TPSA) is 45.2 Å². The van der Waals surface area contributed by atoms with E-state index in [0.29, 0.717) is 10.6 Å². The fraction of sp³-hybridized carbons (Fsp3) is 0.333. The normalized spacial score (nSPS) is 21.6. The summed E-state index contributed by atoms with van der Waals surface area (Å²) in [6.45, 7) is 6.31. The Morgan fingerprint density at radius 1 is 1.37 bits per heavy atom. The lowest BCUT2D eigenvalue weighted by Gasteiger charge is -2.19. The Bertz CT molecular complexity index is 684. The summed E-state index contributed by atoms with van der Waals surface area (Å²) < 4.78 is -0.00287. The Morgan fingerprint density at radius 3 is 2.79 bits per heavy atom. The van der Waals surface area contributed by atoms with Crippen molar-refractivity contribution in [2.45, 2.75) is 31.6 Å². The third-order valence-electron chi connectivity index (χ3n) is 3.70. The van der Waals surface area contributed by atoms with Crippen molar-refractivity contribution in [3.05, 3.63) is 36.0 Å². The largest absolute Gasteiger partial charge is 0.360 e.